The fourth-order valence-electron chi connectivity index (χ4n) is 2.57. The second kappa shape index (κ2) is 5.53. The van der Waals surface area contributed by atoms with Crippen LogP contribution in [0.4, 0.5) is 0 Å². The van der Waals surface area contributed by atoms with Crippen molar-refractivity contribution in [2.24, 2.45) is 0 Å². The van der Waals surface area contributed by atoms with E-state index >= 15 is 0 Å². The molecule has 0 aliphatic carbocycles. The van der Waals surface area contributed by atoms with Gasteiger partial charge in [-0.2, -0.15) is 5.10 Å². The molecule has 3 rings (SSSR count). The molecule has 1 aliphatic heterocycles. The first-order valence-electron chi connectivity index (χ1n) is 6.81. The number of carbonyl (C=O) groups excluding carboxylic acids is 1. The van der Waals surface area contributed by atoms with Crippen LogP contribution in [0.3, 0.4) is 0 Å². The van der Waals surface area contributed by atoms with Crippen LogP contribution in [0.1, 0.15) is 10.4 Å². The van der Waals surface area contributed by atoms with E-state index < -0.39 is 5.97 Å². The van der Waals surface area contributed by atoms with Crippen molar-refractivity contribution >= 4 is 17.4 Å². The van der Waals surface area contributed by atoms with Crippen LogP contribution in [0, 0.1) is 0 Å². The van der Waals surface area contributed by atoms with Crippen molar-refractivity contribution in [1.29, 1.82) is 0 Å². The van der Waals surface area contributed by atoms with Crippen LogP contribution >= 0.6 is 0 Å². The van der Waals surface area contributed by atoms with E-state index in [4.69, 9.17) is 5.11 Å². The van der Waals surface area contributed by atoms with Gasteiger partial charge >= 0.3 is 5.97 Å². The Hall–Kier alpha value is -2.41. The molecule has 21 heavy (non-hydrogen) atoms. The summed E-state index contributed by atoms with van der Waals surface area (Å²) in [4.78, 5) is 26.8. The molecule has 0 radical (unpaired) electrons. The van der Waals surface area contributed by atoms with E-state index in [2.05, 4.69) is 5.10 Å². The van der Waals surface area contributed by atoms with E-state index in [1.807, 2.05) is 23.1 Å². The Morgan fingerprint density at radius 3 is 2.67 bits per heavy atom. The summed E-state index contributed by atoms with van der Waals surface area (Å²) in [6.07, 6.45) is 3.39. The monoisotopic (exact) mass is 288 g/mol. The van der Waals surface area contributed by atoms with Crippen LogP contribution in [-0.4, -0.2) is 69.1 Å². The van der Waals surface area contributed by atoms with Crippen molar-refractivity contribution in [3.8, 4) is 0 Å². The van der Waals surface area contributed by atoms with Crippen LogP contribution in [0.2, 0.25) is 0 Å². The van der Waals surface area contributed by atoms with Gasteiger partial charge in [0.15, 0.2) is 0 Å². The lowest BCUT2D eigenvalue weighted by molar-refractivity contribution is -0.138. The van der Waals surface area contributed by atoms with Crippen LogP contribution in [-0.2, 0) is 4.79 Å². The molecule has 3 heterocycles. The molecule has 7 nitrogen and oxygen atoms in total. The number of nitrogens with zero attached hydrogens (tertiary/aromatic N) is 4. The van der Waals surface area contributed by atoms with Crippen LogP contribution in [0.5, 0.6) is 0 Å². The van der Waals surface area contributed by atoms with Crippen molar-refractivity contribution in [2.45, 2.75) is 0 Å². The van der Waals surface area contributed by atoms with Gasteiger partial charge in [0.05, 0.1) is 23.8 Å². The molecule has 0 spiro atoms. The maximum absolute atomic E-state index is 12.5. The lowest BCUT2D eigenvalue weighted by Gasteiger charge is -2.33. The number of hydrogen-bond acceptors (Lipinski definition) is 4. The first-order valence-corrected chi connectivity index (χ1v) is 6.81. The number of fused-ring (bicyclic) bond motifs is 1. The Morgan fingerprint density at radius 2 is 1.95 bits per heavy atom. The zero-order valence-corrected chi connectivity index (χ0v) is 11.5. The third-order valence-corrected chi connectivity index (χ3v) is 3.68. The van der Waals surface area contributed by atoms with E-state index in [0.29, 0.717) is 31.7 Å². The third-order valence-electron chi connectivity index (χ3n) is 3.68. The second-order valence-corrected chi connectivity index (χ2v) is 5.05. The number of piperazine rings is 1. The summed E-state index contributed by atoms with van der Waals surface area (Å²) in [6, 6.07) is 5.60. The lowest BCUT2D eigenvalue weighted by atomic mass is 10.2. The predicted octanol–water partition coefficient (Wildman–Crippen LogP) is 0.177. The van der Waals surface area contributed by atoms with Crippen molar-refractivity contribution in [1.82, 2.24) is 19.4 Å². The summed E-state index contributed by atoms with van der Waals surface area (Å²) in [6.45, 7) is 2.26. The Balaban J connectivity index is 1.71. The number of carbonyl (C=O) groups is 2. The quantitative estimate of drug-likeness (QED) is 0.871. The molecule has 0 unspecified atom stereocenters. The van der Waals surface area contributed by atoms with E-state index in [-0.39, 0.29) is 12.5 Å². The molecular formula is C14H16N4O3. The molecule has 0 bridgehead atoms. The predicted molar refractivity (Wildman–Crippen MR) is 75.2 cm³/mol. The van der Waals surface area contributed by atoms with Crippen molar-refractivity contribution in [2.75, 3.05) is 32.7 Å². The van der Waals surface area contributed by atoms with E-state index in [1.54, 1.807) is 21.8 Å². The molecule has 0 atom stereocenters. The van der Waals surface area contributed by atoms with Crippen LogP contribution in [0.15, 0.2) is 30.6 Å². The number of amides is 1. The highest BCUT2D eigenvalue weighted by Crippen LogP contribution is 2.14. The highest BCUT2D eigenvalue weighted by molar-refractivity contribution is 6.00. The Labute approximate surface area is 121 Å². The van der Waals surface area contributed by atoms with Gasteiger partial charge in [-0.15, -0.1) is 0 Å². The second-order valence-electron chi connectivity index (χ2n) is 5.05. The minimum atomic E-state index is -0.836. The number of aliphatic carboxylic acids is 1. The average molecular weight is 288 g/mol. The topological polar surface area (TPSA) is 78.2 Å². The van der Waals surface area contributed by atoms with Gasteiger partial charge in [0, 0.05) is 32.4 Å². The molecule has 2 aromatic rings. The molecule has 110 valence electrons. The zero-order valence-electron chi connectivity index (χ0n) is 11.5. The van der Waals surface area contributed by atoms with Gasteiger partial charge in [-0.3, -0.25) is 14.5 Å². The third kappa shape index (κ3) is 2.73. The van der Waals surface area contributed by atoms with Gasteiger partial charge in [0.25, 0.3) is 5.91 Å². The molecule has 1 saturated heterocycles. The minimum absolute atomic E-state index is 0.0265. The van der Waals surface area contributed by atoms with E-state index in [9.17, 15) is 9.59 Å². The first-order chi connectivity index (χ1) is 10.1. The fraction of sp³-hybridized carbons (Fsp3) is 0.357. The lowest BCUT2D eigenvalue weighted by Crippen LogP contribution is -2.49. The maximum Gasteiger partial charge on any atom is 0.317 e. The van der Waals surface area contributed by atoms with Gasteiger partial charge in [-0.05, 0) is 12.1 Å². The number of hydrogen-bond donors (Lipinski definition) is 1. The molecule has 0 aromatic carbocycles. The van der Waals surface area contributed by atoms with Crippen LogP contribution < -0.4 is 0 Å². The highest BCUT2D eigenvalue weighted by atomic mass is 16.4. The van der Waals surface area contributed by atoms with Crippen LogP contribution in [0.25, 0.3) is 5.52 Å². The first kappa shape index (κ1) is 13.6. The molecular weight excluding hydrogens is 272 g/mol. The SMILES string of the molecule is O=C(O)CN1CCN(C(=O)c2cnn3ccccc23)CC1. The van der Waals surface area contributed by atoms with E-state index in [1.165, 1.54) is 0 Å². The number of pyridine rings is 1. The van der Waals surface area contributed by atoms with E-state index in [0.717, 1.165) is 5.52 Å². The summed E-state index contributed by atoms with van der Waals surface area (Å²) in [5.74, 6) is -0.886. The Morgan fingerprint density at radius 1 is 1.19 bits per heavy atom. The summed E-state index contributed by atoms with van der Waals surface area (Å²) >= 11 is 0. The normalized spacial score (nSPS) is 16.3. The van der Waals surface area contributed by atoms with Gasteiger partial charge in [0.2, 0.25) is 0 Å². The van der Waals surface area contributed by atoms with Gasteiger partial charge in [-0.25, -0.2) is 4.52 Å². The highest BCUT2D eigenvalue weighted by Gasteiger charge is 2.24. The largest absolute Gasteiger partial charge is 0.480 e. The fourth-order valence-corrected chi connectivity index (χ4v) is 2.57. The molecule has 1 N–H and O–H groups in total. The van der Waals surface area contributed by atoms with Crippen molar-refractivity contribution in [3.63, 3.8) is 0 Å². The smallest absolute Gasteiger partial charge is 0.317 e. The summed E-state index contributed by atoms with van der Waals surface area (Å²) in [5.41, 5.74) is 1.37. The average Bonchev–Trinajstić information content (AvgIpc) is 2.90. The van der Waals surface area contributed by atoms with Gasteiger partial charge in [0.1, 0.15) is 0 Å². The van der Waals surface area contributed by atoms with Crippen molar-refractivity contribution < 1.29 is 14.7 Å². The number of carboxylic acids is 1. The molecule has 0 saturated carbocycles. The molecule has 7 heteroatoms. The molecule has 1 aliphatic rings. The summed E-state index contributed by atoms with van der Waals surface area (Å²) < 4.78 is 1.67. The Kier molecular flexibility index (Phi) is 3.57. The van der Waals surface area contributed by atoms with Crippen molar-refractivity contribution in [3.05, 3.63) is 36.2 Å². The molecule has 1 amide bonds. The molecule has 1 fully saturated rings. The summed E-state index contributed by atoms with van der Waals surface area (Å²) in [5, 5.41) is 12.9. The summed E-state index contributed by atoms with van der Waals surface area (Å²) in [7, 11) is 0. The van der Waals surface area contributed by atoms with Gasteiger partial charge < -0.3 is 10.0 Å². The number of rotatable bonds is 3. The maximum atomic E-state index is 12.5. The molecule has 2 aromatic heterocycles. The Bertz CT molecular complexity index is 674. The number of aromatic nitrogens is 2. The minimum Gasteiger partial charge on any atom is -0.480 e. The zero-order chi connectivity index (χ0) is 14.8. The number of carboxylic acid groups (broad SMARTS) is 1. The van der Waals surface area contributed by atoms with Gasteiger partial charge in [-0.1, -0.05) is 6.07 Å². The standard InChI is InChI=1S/C14H16N4O3/c19-13(20)10-16-5-7-17(8-6-16)14(21)11-9-15-18-4-2-1-3-12(11)18/h1-4,9H,5-8,10H2,(H,19,20).